The molecule has 26 heavy (non-hydrogen) atoms. The zero-order valence-electron chi connectivity index (χ0n) is 14.5. The second-order valence-electron chi connectivity index (χ2n) is 5.68. The van der Waals surface area contributed by atoms with Crippen molar-refractivity contribution in [2.24, 2.45) is 0 Å². The number of ether oxygens (including phenoxy) is 2. The molecule has 0 radical (unpaired) electrons. The Morgan fingerprint density at radius 3 is 2.73 bits per heavy atom. The van der Waals surface area contributed by atoms with E-state index in [-0.39, 0.29) is 0 Å². The topological polar surface area (TPSA) is 64.1 Å². The van der Waals surface area contributed by atoms with Gasteiger partial charge in [-0.25, -0.2) is 4.68 Å². The van der Waals surface area contributed by atoms with Gasteiger partial charge in [-0.05, 0) is 41.9 Å². The van der Waals surface area contributed by atoms with Crippen LogP contribution < -0.4 is 14.9 Å². The fourth-order valence-electron chi connectivity index (χ4n) is 2.44. The molecule has 3 rings (SSSR count). The van der Waals surface area contributed by atoms with Crippen LogP contribution in [0.4, 0.5) is 0 Å². The van der Waals surface area contributed by atoms with Crippen molar-refractivity contribution in [2.75, 3.05) is 12.5 Å². The van der Waals surface area contributed by atoms with Gasteiger partial charge >= 0.3 is 0 Å². The van der Waals surface area contributed by atoms with Crippen molar-refractivity contribution in [2.45, 2.75) is 20.1 Å². The number of halogens is 1. The first-order chi connectivity index (χ1) is 12.6. The van der Waals surface area contributed by atoms with Gasteiger partial charge in [0, 0.05) is 11.1 Å². The lowest BCUT2D eigenvalue weighted by Crippen LogP contribution is -2.13. The second kappa shape index (κ2) is 8.25. The predicted octanol–water partition coefficient (Wildman–Crippen LogP) is 4.23. The third-order valence-electron chi connectivity index (χ3n) is 3.97. The van der Waals surface area contributed by atoms with Crippen molar-refractivity contribution in [1.29, 1.82) is 0 Å². The Balaban J connectivity index is 1.75. The lowest BCUT2D eigenvalue weighted by atomic mass is 10.1. The van der Waals surface area contributed by atoms with E-state index in [1.807, 2.05) is 24.3 Å². The molecule has 8 heteroatoms. The highest BCUT2D eigenvalue weighted by atomic mass is 35.5. The maximum Gasteiger partial charge on any atom is 0.214 e. The minimum Gasteiger partial charge on any atom is -0.493 e. The molecule has 0 aliphatic heterocycles. The Hall–Kier alpha value is -2.51. The molecule has 0 fully saturated rings. The highest BCUT2D eigenvalue weighted by molar-refractivity contribution is 7.71. The summed E-state index contributed by atoms with van der Waals surface area (Å²) in [6.45, 7) is 2.96. The summed E-state index contributed by atoms with van der Waals surface area (Å²) in [6, 6.07) is 11.7. The molecule has 0 atom stereocenters. The molecular formula is C18H19ClN4O2S. The molecule has 0 saturated heterocycles. The maximum atomic E-state index is 6.42. The molecule has 0 unspecified atom stereocenters. The number of aromatic nitrogens is 3. The normalized spacial score (nSPS) is 10.6. The van der Waals surface area contributed by atoms with E-state index in [4.69, 9.17) is 33.3 Å². The summed E-state index contributed by atoms with van der Waals surface area (Å²) in [7, 11) is 1.60. The van der Waals surface area contributed by atoms with Crippen LogP contribution in [0.25, 0.3) is 0 Å². The number of H-pyrrole nitrogens is 1. The van der Waals surface area contributed by atoms with Crippen LogP contribution in [0.3, 0.4) is 0 Å². The molecule has 0 amide bonds. The molecule has 2 aromatic carbocycles. The summed E-state index contributed by atoms with van der Waals surface area (Å²) >= 11 is 11.5. The molecule has 0 aliphatic rings. The number of hydrogen-bond acceptors (Lipinski definition) is 5. The average Bonchev–Trinajstić information content (AvgIpc) is 3.05. The Morgan fingerprint density at radius 2 is 2.04 bits per heavy atom. The Labute approximate surface area is 161 Å². The summed E-state index contributed by atoms with van der Waals surface area (Å²) in [6.07, 6.45) is 1.56. The van der Waals surface area contributed by atoms with Crippen molar-refractivity contribution < 1.29 is 9.47 Å². The van der Waals surface area contributed by atoms with Crippen molar-refractivity contribution in [3.8, 4) is 11.5 Å². The van der Waals surface area contributed by atoms with Gasteiger partial charge < -0.3 is 14.9 Å². The quantitative estimate of drug-likeness (QED) is 0.591. The lowest BCUT2D eigenvalue weighted by Gasteiger charge is -2.15. The molecule has 0 saturated carbocycles. The summed E-state index contributed by atoms with van der Waals surface area (Å²) < 4.78 is 13.5. The summed E-state index contributed by atoms with van der Waals surface area (Å²) in [4.78, 5) is 0. The maximum absolute atomic E-state index is 6.42. The van der Waals surface area contributed by atoms with E-state index in [9.17, 15) is 0 Å². The summed E-state index contributed by atoms with van der Waals surface area (Å²) in [5.74, 6) is 1.22. The number of rotatable bonds is 7. The van der Waals surface area contributed by atoms with Crippen LogP contribution in [0.2, 0.25) is 5.02 Å². The third-order valence-corrected chi connectivity index (χ3v) is 4.61. The van der Waals surface area contributed by atoms with E-state index in [1.165, 1.54) is 5.56 Å². The zero-order valence-corrected chi connectivity index (χ0v) is 16.0. The van der Waals surface area contributed by atoms with Gasteiger partial charge in [-0.1, -0.05) is 35.9 Å². The number of benzene rings is 2. The molecule has 0 bridgehead atoms. The Bertz CT molecular complexity index is 954. The van der Waals surface area contributed by atoms with E-state index in [0.29, 0.717) is 34.4 Å². The fourth-order valence-corrected chi connectivity index (χ4v) is 2.83. The van der Waals surface area contributed by atoms with E-state index in [2.05, 4.69) is 28.6 Å². The van der Waals surface area contributed by atoms with Crippen LogP contribution in [0.1, 0.15) is 16.7 Å². The number of methoxy groups -OCH3 is 1. The van der Waals surface area contributed by atoms with Crippen LogP contribution in [0.15, 0.2) is 42.7 Å². The molecule has 2 N–H and O–H groups in total. The van der Waals surface area contributed by atoms with Crippen molar-refractivity contribution in [1.82, 2.24) is 14.9 Å². The van der Waals surface area contributed by atoms with Crippen LogP contribution in [-0.4, -0.2) is 22.0 Å². The number of hydrogen-bond donors (Lipinski definition) is 2. The molecule has 3 aromatic rings. The van der Waals surface area contributed by atoms with Crippen molar-refractivity contribution in [3.63, 3.8) is 0 Å². The average molecular weight is 391 g/mol. The van der Waals surface area contributed by atoms with Crippen molar-refractivity contribution in [3.05, 3.63) is 69.2 Å². The van der Waals surface area contributed by atoms with Gasteiger partial charge in [0.05, 0.1) is 13.7 Å². The van der Waals surface area contributed by atoms with Crippen LogP contribution in [0, 0.1) is 11.7 Å². The zero-order chi connectivity index (χ0) is 18.5. The number of nitrogens with one attached hydrogen (secondary N) is 2. The van der Waals surface area contributed by atoms with Gasteiger partial charge in [-0.3, -0.25) is 5.10 Å². The van der Waals surface area contributed by atoms with Gasteiger partial charge in [0.15, 0.2) is 11.5 Å². The Kier molecular flexibility index (Phi) is 5.80. The minimum absolute atomic E-state index is 0.446. The highest BCUT2D eigenvalue weighted by Crippen LogP contribution is 2.34. The van der Waals surface area contributed by atoms with Gasteiger partial charge in [-0.2, -0.15) is 5.10 Å². The molecule has 0 aliphatic carbocycles. The van der Waals surface area contributed by atoms with E-state index in [1.54, 1.807) is 24.2 Å². The molecule has 1 heterocycles. The molecule has 6 nitrogen and oxygen atoms in total. The first-order valence-electron chi connectivity index (χ1n) is 7.98. The van der Waals surface area contributed by atoms with Crippen molar-refractivity contribution >= 4 is 23.8 Å². The van der Waals surface area contributed by atoms with Gasteiger partial charge in [-0.15, -0.1) is 0 Å². The van der Waals surface area contributed by atoms with E-state index in [0.717, 1.165) is 11.1 Å². The highest BCUT2D eigenvalue weighted by Gasteiger charge is 2.11. The largest absolute Gasteiger partial charge is 0.493 e. The number of aromatic amines is 1. The van der Waals surface area contributed by atoms with Crippen LogP contribution >= 0.6 is 23.8 Å². The first kappa shape index (κ1) is 18.3. The minimum atomic E-state index is 0.446. The molecule has 136 valence electrons. The third kappa shape index (κ3) is 4.17. The predicted molar refractivity (Wildman–Crippen MR) is 104 cm³/mol. The standard InChI is InChI=1S/C18H19ClN4O2S/c1-12-5-3-4-6-13(12)10-25-17-8-15(19)14(7-16(17)24-2)9-21-23-11-20-22-18(23)26/h3-8,11,21H,9-10H2,1-2H3,(H,22,26). The smallest absolute Gasteiger partial charge is 0.214 e. The fraction of sp³-hybridized carbons (Fsp3) is 0.222. The van der Waals surface area contributed by atoms with E-state index >= 15 is 0 Å². The SMILES string of the molecule is COc1cc(CNn2cn[nH]c2=S)c(Cl)cc1OCc1ccccc1C. The lowest BCUT2D eigenvalue weighted by molar-refractivity contribution is 0.284. The second-order valence-corrected chi connectivity index (χ2v) is 6.47. The van der Waals surface area contributed by atoms with Crippen LogP contribution in [-0.2, 0) is 13.2 Å². The van der Waals surface area contributed by atoms with Crippen LogP contribution in [0.5, 0.6) is 11.5 Å². The summed E-state index contributed by atoms with van der Waals surface area (Å²) in [5, 5.41) is 7.11. The molecule has 0 spiro atoms. The molecule has 1 aromatic heterocycles. The van der Waals surface area contributed by atoms with Gasteiger partial charge in [0.25, 0.3) is 0 Å². The molecular weight excluding hydrogens is 372 g/mol. The summed E-state index contributed by atoms with van der Waals surface area (Å²) in [5.41, 5.74) is 6.27. The number of aryl methyl sites for hydroxylation is 1. The monoisotopic (exact) mass is 390 g/mol. The van der Waals surface area contributed by atoms with Gasteiger partial charge in [0.2, 0.25) is 4.77 Å². The van der Waals surface area contributed by atoms with E-state index < -0.39 is 0 Å². The number of nitrogens with zero attached hydrogens (tertiary/aromatic N) is 2. The first-order valence-corrected chi connectivity index (χ1v) is 8.76. The Morgan fingerprint density at radius 1 is 1.23 bits per heavy atom. The van der Waals surface area contributed by atoms with Gasteiger partial charge in [0.1, 0.15) is 12.9 Å².